The molecule has 1 unspecified atom stereocenters. The molecule has 0 radical (unpaired) electrons. The second-order valence-electron chi connectivity index (χ2n) is 5.12. The highest BCUT2D eigenvalue weighted by atomic mass is 16.6. The van der Waals surface area contributed by atoms with Crippen molar-refractivity contribution in [1.29, 1.82) is 0 Å². The fraction of sp³-hybridized carbons (Fsp3) is 0.571. The molecule has 0 amide bonds. The minimum atomic E-state index is 0.0971. The molecule has 0 spiro atoms. The molecule has 0 aromatic heterocycles. The van der Waals surface area contributed by atoms with E-state index < -0.39 is 0 Å². The monoisotopic (exact) mass is 233 g/mol. The molecule has 2 heterocycles. The molecule has 0 bridgehead atoms. The first-order chi connectivity index (χ1) is 8.21. The first-order valence-electron chi connectivity index (χ1n) is 6.35. The molecule has 3 rings (SSSR count). The number of nitrogens with one attached hydrogen (secondary N) is 1. The van der Waals surface area contributed by atoms with Crippen LogP contribution in [0.15, 0.2) is 12.1 Å². The van der Waals surface area contributed by atoms with Crippen molar-refractivity contribution in [2.45, 2.75) is 32.2 Å². The van der Waals surface area contributed by atoms with Gasteiger partial charge in [0, 0.05) is 5.54 Å². The molecule has 1 aromatic rings. The predicted molar refractivity (Wildman–Crippen MR) is 66.8 cm³/mol. The quantitative estimate of drug-likeness (QED) is 0.807. The summed E-state index contributed by atoms with van der Waals surface area (Å²) in [6.07, 6.45) is 2.43. The molecule has 1 aromatic carbocycles. The van der Waals surface area contributed by atoms with Gasteiger partial charge in [0.25, 0.3) is 0 Å². The van der Waals surface area contributed by atoms with Crippen LogP contribution in [-0.2, 0) is 5.54 Å². The van der Waals surface area contributed by atoms with Crippen LogP contribution in [-0.4, -0.2) is 19.8 Å². The zero-order valence-corrected chi connectivity index (χ0v) is 10.5. The summed E-state index contributed by atoms with van der Waals surface area (Å²) in [6.45, 7) is 6.82. The van der Waals surface area contributed by atoms with Gasteiger partial charge in [0.2, 0.25) is 0 Å². The topological polar surface area (TPSA) is 30.5 Å². The Hall–Kier alpha value is -1.22. The third kappa shape index (κ3) is 1.69. The van der Waals surface area contributed by atoms with E-state index in [9.17, 15) is 0 Å². The van der Waals surface area contributed by atoms with Gasteiger partial charge in [-0.2, -0.15) is 0 Å². The maximum atomic E-state index is 5.75. The molecule has 1 saturated heterocycles. The number of fused-ring (bicyclic) bond motifs is 1. The van der Waals surface area contributed by atoms with Gasteiger partial charge in [-0.25, -0.2) is 0 Å². The van der Waals surface area contributed by atoms with Crippen molar-refractivity contribution in [2.24, 2.45) is 0 Å². The molecule has 2 aliphatic rings. The summed E-state index contributed by atoms with van der Waals surface area (Å²) in [5, 5.41) is 3.60. The molecule has 3 nitrogen and oxygen atoms in total. The summed E-state index contributed by atoms with van der Waals surface area (Å²) in [4.78, 5) is 0. The van der Waals surface area contributed by atoms with Gasteiger partial charge in [-0.1, -0.05) is 6.07 Å². The normalized spacial score (nSPS) is 27.2. The first kappa shape index (κ1) is 10.9. The maximum Gasteiger partial charge on any atom is 0.164 e. The average Bonchev–Trinajstić information content (AvgIpc) is 2.78. The lowest BCUT2D eigenvalue weighted by molar-refractivity contribution is 0.169. The Morgan fingerprint density at radius 3 is 2.82 bits per heavy atom. The van der Waals surface area contributed by atoms with Gasteiger partial charge < -0.3 is 14.8 Å². The van der Waals surface area contributed by atoms with Crippen LogP contribution >= 0.6 is 0 Å². The molecule has 0 saturated carbocycles. The number of hydrogen-bond donors (Lipinski definition) is 1. The van der Waals surface area contributed by atoms with Gasteiger partial charge in [-0.3, -0.25) is 0 Å². The van der Waals surface area contributed by atoms with E-state index in [-0.39, 0.29) is 5.54 Å². The van der Waals surface area contributed by atoms with Crippen LogP contribution in [0.2, 0.25) is 0 Å². The smallest absolute Gasteiger partial charge is 0.164 e. The Bertz CT molecular complexity index is 436. The summed E-state index contributed by atoms with van der Waals surface area (Å²) < 4.78 is 11.4. The standard InChI is InChI=1S/C14H19NO2/c1-10-11(14(2)6-3-7-15-14)4-5-12-13(10)17-9-8-16-12/h4-5,15H,3,6-9H2,1-2H3. The summed E-state index contributed by atoms with van der Waals surface area (Å²) in [5.74, 6) is 1.82. The number of hydrogen-bond acceptors (Lipinski definition) is 3. The fourth-order valence-corrected chi connectivity index (χ4v) is 2.98. The summed E-state index contributed by atoms with van der Waals surface area (Å²) in [6, 6.07) is 4.23. The number of rotatable bonds is 1. The van der Waals surface area contributed by atoms with Gasteiger partial charge >= 0.3 is 0 Å². The van der Waals surface area contributed by atoms with E-state index in [0.29, 0.717) is 13.2 Å². The van der Waals surface area contributed by atoms with Crippen LogP contribution in [0, 0.1) is 6.92 Å². The molecule has 1 fully saturated rings. The third-order valence-corrected chi connectivity index (χ3v) is 3.92. The van der Waals surface area contributed by atoms with E-state index >= 15 is 0 Å². The van der Waals surface area contributed by atoms with E-state index in [2.05, 4.69) is 25.2 Å². The molecule has 2 aliphatic heterocycles. The van der Waals surface area contributed by atoms with Gasteiger partial charge in [-0.15, -0.1) is 0 Å². The van der Waals surface area contributed by atoms with Gasteiger partial charge in [-0.05, 0) is 50.4 Å². The van der Waals surface area contributed by atoms with Crippen LogP contribution in [0.3, 0.4) is 0 Å². The van der Waals surface area contributed by atoms with Crippen LogP contribution < -0.4 is 14.8 Å². The van der Waals surface area contributed by atoms with Gasteiger partial charge in [0.15, 0.2) is 11.5 Å². The molecule has 1 N–H and O–H groups in total. The van der Waals surface area contributed by atoms with Crippen LogP contribution in [0.5, 0.6) is 11.5 Å². The summed E-state index contributed by atoms with van der Waals surface area (Å²) in [7, 11) is 0. The van der Waals surface area contributed by atoms with Crippen LogP contribution in [0.25, 0.3) is 0 Å². The molecule has 92 valence electrons. The molecular formula is C14H19NO2. The molecule has 0 aliphatic carbocycles. The molecule has 1 atom stereocenters. The Labute approximate surface area is 102 Å². The van der Waals surface area contributed by atoms with Crippen molar-refractivity contribution in [3.05, 3.63) is 23.3 Å². The van der Waals surface area contributed by atoms with E-state index in [1.54, 1.807) is 0 Å². The van der Waals surface area contributed by atoms with Crippen molar-refractivity contribution in [3.8, 4) is 11.5 Å². The summed E-state index contributed by atoms with van der Waals surface area (Å²) in [5.41, 5.74) is 2.67. The average molecular weight is 233 g/mol. The lowest BCUT2D eigenvalue weighted by atomic mass is 9.87. The van der Waals surface area contributed by atoms with Crippen LogP contribution in [0.1, 0.15) is 30.9 Å². The van der Waals surface area contributed by atoms with Crippen molar-refractivity contribution < 1.29 is 9.47 Å². The van der Waals surface area contributed by atoms with Crippen molar-refractivity contribution in [1.82, 2.24) is 5.32 Å². The van der Waals surface area contributed by atoms with Gasteiger partial charge in [0.1, 0.15) is 13.2 Å². The van der Waals surface area contributed by atoms with Gasteiger partial charge in [0.05, 0.1) is 0 Å². The van der Waals surface area contributed by atoms with Crippen LogP contribution in [0.4, 0.5) is 0 Å². The summed E-state index contributed by atoms with van der Waals surface area (Å²) >= 11 is 0. The minimum Gasteiger partial charge on any atom is -0.486 e. The van der Waals surface area contributed by atoms with E-state index in [1.807, 2.05) is 6.07 Å². The van der Waals surface area contributed by atoms with Crippen molar-refractivity contribution in [3.63, 3.8) is 0 Å². The number of benzene rings is 1. The first-order valence-corrected chi connectivity index (χ1v) is 6.35. The largest absolute Gasteiger partial charge is 0.486 e. The lowest BCUT2D eigenvalue weighted by Crippen LogP contribution is -2.34. The highest BCUT2D eigenvalue weighted by Crippen LogP contribution is 2.41. The lowest BCUT2D eigenvalue weighted by Gasteiger charge is -2.30. The molecule has 3 heteroatoms. The minimum absolute atomic E-state index is 0.0971. The Morgan fingerprint density at radius 1 is 1.24 bits per heavy atom. The zero-order valence-electron chi connectivity index (χ0n) is 10.5. The Kier molecular flexibility index (Phi) is 2.51. The molecular weight excluding hydrogens is 214 g/mol. The van der Waals surface area contributed by atoms with Crippen molar-refractivity contribution in [2.75, 3.05) is 19.8 Å². The Balaban J connectivity index is 2.06. The highest BCUT2D eigenvalue weighted by molar-refractivity contribution is 5.52. The Morgan fingerprint density at radius 2 is 2.06 bits per heavy atom. The maximum absolute atomic E-state index is 5.75. The molecule has 17 heavy (non-hydrogen) atoms. The zero-order chi connectivity index (χ0) is 11.9. The van der Waals surface area contributed by atoms with E-state index in [1.165, 1.54) is 24.0 Å². The SMILES string of the molecule is Cc1c(C2(C)CCCN2)ccc2c1OCCO2. The number of ether oxygens (including phenoxy) is 2. The third-order valence-electron chi connectivity index (χ3n) is 3.92. The predicted octanol–water partition coefficient (Wildman–Crippen LogP) is 2.36. The van der Waals surface area contributed by atoms with Crippen molar-refractivity contribution >= 4 is 0 Å². The fourth-order valence-electron chi connectivity index (χ4n) is 2.98. The second kappa shape index (κ2) is 3.91. The van der Waals surface area contributed by atoms with E-state index in [0.717, 1.165) is 18.0 Å². The second-order valence-corrected chi connectivity index (χ2v) is 5.12. The van der Waals surface area contributed by atoms with E-state index in [4.69, 9.17) is 9.47 Å². The highest BCUT2D eigenvalue weighted by Gasteiger charge is 2.33.